The number of nitrogens with one attached hydrogen (secondary N) is 1. The van der Waals surface area contributed by atoms with Gasteiger partial charge in [-0.15, -0.1) is 0 Å². The molecular weight excluding hydrogens is 378 g/mol. The SMILES string of the molecule is CC(C1CC1)n1nccc1NC(=O)CN(C)CCCc1cc(-c2ccccc2)no1. The molecule has 7 nitrogen and oxygen atoms in total. The number of carbonyl (C=O) groups excluding carboxylic acids is 1. The Balaban J connectivity index is 1.21. The third-order valence-corrected chi connectivity index (χ3v) is 5.63. The number of benzene rings is 1. The lowest BCUT2D eigenvalue weighted by Gasteiger charge is -2.18. The van der Waals surface area contributed by atoms with Gasteiger partial charge in [0, 0.05) is 24.1 Å². The number of amides is 1. The molecule has 1 unspecified atom stereocenters. The summed E-state index contributed by atoms with van der Waals surface area (Å²) in [6.07, 6.45) is 5.92. The molecule has 158 valence electrons. The third-order valence-electron chi connectivity index (χ3n) is 5.63. The van der Waals surface area contributed by atoms with Gasteiger partial charge in [0.15, 0.2) is 0 Å². The molecule has 30 heavy (non-hydrogen) atoms. The van der Waals surface area contributed by atoms with Crippen LogP contribution in [0.25, 0.3) is 11.3 Å². The zero-order valence-electron chi connectivity index (χ0n) is 17.6. The van der Waals surface area contributed by atoms with Gasteiger partial charge in [0.2, 0.25) is 5.91 Å². The second kappa shape index (κ2) is 9.26. The van der Waals surface area contributed by atoms with Gasteiger partial charge < -0.3 is 9.84 Å². The Morgan fingerprint density at radius 2 is 2.10 bits per heavy atom. The van der Waals surface area contributed by atoms with Crippen LogP contribution in [0.2, 0.25) is 0 Å². The average Bonchev–Trinajstić information content (AvgIpc) is 3.32. The van der Waals surface area contributed by atoms with Gasteiger partial charge in [-0.1, -0.05) is 35.5 Å². The summed E-state index contributed by atoms with van der Waals surface area (Å²) < 4.78 is 7.39. The van der Waals surface area contributed by atoms with Crippen LogP contribution >= 0.6 is 0 Å². The molecule has 1 aromatic carbocycles. The van der Waals surface area contributed by atoms with Crippen LogP contribution in [-0.4, -0.2) is 45.9 Å². The fraction of sp³-hybridized carbons (Fsp3) is 0.435. The van der Waals surface area contributed by atoms with Crippen molar-refractivity contribution in [2.75, 3.05) is 25.5 Å². The largest absolute Gasteiger partial charge is 0.361 e. The maximum Gasteiger partial charge on any atom is 0.239 e. The molecule has 1 saturated carbocycles. The average molecular weight is 408 g/mol. The van der Waals surface area contributed by atoms with Crippen molar-refractivity contribution in [3.63, 3.8) is 0 Å². The minimum absolute atomic E-state index is 0.0201. The number of likely N-dealkylation sites (N-methyl/N-ethyl adjacent to an activating group) is 1. The Bertz CT molecular complexity index is 961. The van der Waals surface area contributed by atoms with Crippen molar-refractivity contribution in [1.82, 2.24) is 19.8 Å². The van der Waals surface area contributed by atoms with Gasteiger partial charge >= 0.3 is 0 Å². The van der Waals surface area contributed by atoms with Crippen molar-refractivity contribution in [1.29, 1.82) is 0 Å². The fourth-order valence-electron chi connectivity index (χ4n) is 3.72. The molecule has 0 saturated heterocycles. The molecule has 1 aliphatic carbocycles. The molecule has 2 heterocycles. The number of nitrogens with zero attached hydrogens (tertiary/aromatic N) is 4. The molecule has 1 aliphatic rings. The summed E-state index contributed by atoms with van der Waals surface area (Å²) in [7, 11) is 1.96. The van der Waals surface area contributed by atoms with Crippen molar-refractivity contribution in [2.24, 2.45) is 5.92 Å². The van der Waals surface area contributed by atoms with Crippen LogP contribution in [-0.2, 0) is 11.2 Å². The zero-order chi connectivity index (χ0) is 20.9. The molecular formula is C23H29N5O2. The van der Waals surface area contributed by atoms with Crippen LogP contribution < -0.4 is 5.32 Å². The van der Waals surface area contributed by atoms with E-state index in [9.17, 15) is 4.79 Å². The second-order valence-electron chi connectivity index (χ2n) is 8.17. The molecule has 1 fully saturated rings. The van der Waals surface area contributed by atoms with Gasteiger partial charge in [0.05, 0.1) is 18.8 Å². The standard InChI is InChI=1S/C23H29N5O2/c1-17(18-10-11-18)28-22(12-13-24-28)25-23(29)16-27(2)14-6-9-20-15-21(26-30-20)19-7-4-3-5-8-19/h3-5,7-8,12-13,15,17-18H,6,9-11,14,16H2,1-2H3,(H,25,29). The van der Waals surface area contributed by atoms with Gasteiger partial charge in [0.1, 0.15) is 17.3 Å². The summed E-state index contributed by atoms with van der Waals surface area (Å²) in [5, 5.41) is 11.5. The summed E-state index contributed by atoms with van der Waals surface area (Å²) in [6, 6.07) is 14.2. The van der Waals surface area contributed by atoms with Crippen LogP contribution in [0.1, 0.15) is 38.0 Å². The van der Waals surface area contributed by atoms with E-state index in [1.54, 1.807) is 6.20 Å². The highest BCUT2D eigenvalue weighted by molar-refractivity contribution is 5.91. The minimum Gasteiger partial charge on any atom is -0.361 e. The molecule has 0 radical (unpaired) electrons. The van der Waals surface area contributed by atoms with Gasteiger partial charge in [-0.05, 0) is 45.7 Å². The van der Waals surface area contributed by atoms with E-state index in [2.05, 4.69) is 22.5 Å². The molecule has 0 bridgehead atoms. The van der Waals surface area contributed by atoms with E-state index in [0.717, 1.165) is 42.2 Å². The first kappa shape index (κ1) is 20.3. The van der Waals surface area contributed by atoms with Crippen LogP contribution in [0.3, 0.4) is 0 Å². The van der Waals surface area contributed by atoms with E-state index in [4.69, 9.17) is 4.52 Å². The smallest absolute Gasteiger partial charge is 0.239 e. The first-order valence-electron chi connectivity index (χ1n) is 10.6. The molecule has 7 heteroatoms. The molecule has 0 aliphatic heterocycles. The summed E-state index contributed by atoms with van der Waals surface area (Å²) in [4.78, 5) is 14.5. The summed E-state index contributed by atoms with van der Waals surface area (Å²) in [5.74, 6) is 2.31. The Labute approximate surface area is 177 Å². The van der Waals surface area contributed by atoms with E-state index in [0.29, 0.717) is 18.5 Å². The summed E-state index contributed by atoms with van der Waals surface area (Å²) >= 11 is 0. The van der Waals surface area contributed by atoms with Crippen molar-refractivity contribution >= 4 is 11.7 Å². The van der Waals surface area contributed by atoms with E-state index in [1.807, 2.05) is 59.1 Å². The minimum atomic E-state index is -0.0201. The van der Waals surface area contributed by atoms with Crippen LogP contribution in [0.5, 0.6) is 0 Å². The third kappa shape index (κ3) is 5.16. The maximum atomic E-state index is 12.5. The predicted molar refractivity (Wildman–Crippen MR) is 116 cm³/mol. The lowest BCUT2D eigenvalue weighted by atomic mass is 10.1. The monoisotopic (exact) mass is 407 g/mol. The number of carbonyl (C=O) groups is 1. The van der Waals surface area contributed by atoms with Gasteiger partial charge in [0.25, 0.3) is 0 Å². The lowest BCUT2D eigenvalue weighted by molar-refractivity contribution is -0.117. The highest BCUT2D eigenvalue weighted by atomic mass is 16.5. The molecule has 1 amide bonds. The quantitative estimate of drug-likeness (QED) is 0.549. The maximum absolute atomic E-state index is 12.5. The van der Waals surface area contributed by atoms with Gasteiger partial charge in [-0.25, -0.2) is 4.68 Å². The van der Waals surface area contributed by atoms with Gasteiger partial charge in [-0.3, -0.25) is 9.69 Å². The number of anilines is 1. The highest BCUT2D eigenvalue weighted by Crippen LogP contribution is 2.40. The fourth-order valence-corrected chi connectivity index (χ4v) is 3.72. The van der Waals surface area contributed by atoms with E-state index in [-0.39, 0.29) is 5.91 Å². The molecule has 4 rings (SSSR count). The number of rotatable bonds is 10. The number of aromatic nitrogens is 3. The topological polar surface area (TPSA) is 76.2 Å². The van der Waals surface area contributed by atoms with E-state index < -0.39 is 0 Å². The van der Waals surface area contributed by atoms with Gasteiger partial charge in [-0.2, -0.15) is 5.10 Å². The number of hydrogen-bond acceptors (Lipinski definition) is 5. The molecule has 2 aromatic heterocycles. The van der Waals surface area contributed by atoms with E-state index in [1.165, 1.54) is 12.8 Å². The summed E-state index contributed by atoms with van der Waals surface area (Å²) in [6.45, 7) is 3.31. The van der Waals surface area contributed by atoms with Crippen LogP contribution in [0.15, 0.2) is 53.2 Å². The van der Waals surface area contributed by atoms with Crippen molar-refractivity contribution in [3.05, 3.63) is 54.4 Å². The van der Waals surface area contributed by atoms with Crippen molar-refractivity contribution in [2.45, 2.75) is 38.6 Å². The predicted octanol–water partition coefficient (Wildman–Crippen LogP) is 4.01. The second-order valence-corrected chi connectivity index (χ2v) is 8.17. The van der Waals surface area contributed by atoms with Crippen LogP contribution in [0.4, 0.5) is 5.82 Å². The molecule has 3 aromatic rings. The first-order valence-corrected chi connectivity index (χ1v) is 10.6. The van der Waals surface area contributed by atoms with Crippen molar-refractivity contribution in [3.8, 4) is 11.3 Å². The van der Waals surface area contributed by atoms with Crippen LogP contribution in [0, 0.1) is 5.92 Å². The first-order chi connectivity index (χ1) is 14.6. The Hall–Kier alpha value is -2.93. The van der Waals surface area contributed by atoms with E-state index >= 15 is 0 Å². The highest BCUT2D eigenvalue weighted by Gasteiger charge is 2.30. The Kier molecular flexibility index (Phi) is 6.28. The number of hydrogen-bond donors (Lipinski definition) is 1. The number of aryl methyl sites for hydroxylation is 1. The lowest BCUT2D eigenvalue weighted by Crippen LogP contribution is -2.32. The normalized spacial score (nSPS) is 14.8. The molecule has 1 atom stereocenters. The van der Waals surface area contributed by atoms with Crippen molar-refractivity contribution < 1.29 is 9.32 Å². The Morgan fingerprint density at radius 1 is 1.30 bits per heavy atom. The Morgan fingerprint density at radius 3 is 2.87 bits per heavy atom. The summed E-state index contributed by atoms with van der Waals surface area (Å²) in [5.41, 5.74) is 1.91. The molecule has 1 N–H and O–H groups in total. The molecule has 0 spiro atoms. The zero-order valence-corrected chi connectivity index (χ0v) is 17.6.